The van der Waals surface area contributed by atoms with Crippen molar-refractivity contribution < 1.29 is 18.7 Å². The van der Waals surface area contributed by atoms with E-state index in [4.69, 9.17) is 9.15 Å². The van der Waals surface area contributed by atoms with Gasteiger partial charge in [0.15, 0.2) is 0 Å². The number of nitrogens with one attached hydrogen (secondary N) is 1. The smallest absolute Gasteiger partial charge is 0.227 e. The van der Waals surface area contributed by atoms with Gasteiger partial charge in [0.2, 0.25) is 11.8 Å². The molecule has 1 N–H and O–H groups in total. The van der Waals surface area contributed by atoms with E-state index in [9.17, 15) is 9.59 Å². The molecular weight excluding hydrogens is 346 g/mol. The van der Waals surface area contributed by atoms with Crippen LogP contribution in [0.25, 0.3) is 0 Å². The topological polar surface area (TPSA) is 75.0 Å². The summed E-state index contributed by atoms with van der Waals surface area (Å²) in [5.41, 5.74) is 1.89. The monoisotopic (exact) mass is 369 g/mol. The number of carbonyl (C=O) groups is 2. The number of furan rings is 1. The lowest BCUT2D eigenvalue weighted by Crippen LogP contribution is -2.38. The van der Waals surface area contributed by atoms with Crippen LogP contribution in [0.3, 0.4) is 0 Å². The Morgan fingerprint density at radius 3 is 2.63 bits per heavy atom. The van der Waals surface area contributed by atoms with Crippen LogP contribution >= 0.6 is 0 Å². The van der Waals surface area contributed by atoms with Gasteiger partial charge in [-0.2, -0.15) is 0 Å². The van der Waals surface area contributed by atoms with Gasteiger partial charge in [0.1, 0.15) is 5.76 Å². The Hall–Kier alpha value is -2.80. The molecule has 2 aromatic rings. The summed E-state index contributed by atoms with van der Waals surface area (Å²) < 4.78 is 10.7. The molecule has 2 aliphatic heterocycles. The maximum atomic E-state index is 12.6. The standard InChI is InChI=1S/C20H23N3O4/c24-19-12-15(20(25)21-13-16-4-3-9-27-16)14-23(19)18-6-2-1-5-17(18)22-7-10-26-11-8-22/h1-6,9,15H,7-8,10-14H2,(H,21,25). The quantitative estimate of drug-likeness (QED) is 0.870. The molecule has 1 aromatic carbocycles. The molecule has 0 aliphatic carbocycles. The Balaban J connectivity index is 1.45. The van der Waals surface area contributed by atoms with Crippen LogP contribution in [0.15, 0.2) is 47.1 Å². The average Bonchev–Trinajstić information content (AvgIpc) is 3.36. The van der Waals surface area contributed by atoms with Crippen molar-refractivity contribution in [3.05, 3.63) is 48.4 Å². The van der Waals surface area contributed by atoms with E-state index in [0.717, 1.165) is 24.5 Å². The molecular formula is C20H23N3O4. The molecule has 7 nitrogen and oxygen atoms in total. The Bertz CT molecular complexity index is 799. The van der Waals surface area contributed by atoms with Crippen molar-refractivity contribution in [2.45, 2.75) is 13.0 Å². The lowest BCUT2D eigenvalue weighted by Gasteiger charge is -2.32. The zero-order chi connectivity index (χ0) is 18.6. The molecule has 0 bridgehead atoms. The van der Waals surface area contributed by atoms with Gasteiger partial charge < -0.3 is 24.3 Å². The summed E-state index contributed by atoms with van der Waals surface area (Å²) in [5.74, 6) is 0.201. The molecule has 0 spiro atoms. The first-order valence-electron chi connectivity index (χ1n) is 9.24. The van der Waals surface area contributed by atoms with Crippen LogP contribution in [0.1, 0.15) is 12.2 Å². The molecule has 2 amide bonds. The van der Waals surface area contributed by atoms with E-state index in [1.807, 2.05) is 30.3 Å². The number of amides is 2. The van der Waals surface area contributed by atoms with Crippen LogP contribution in [-0.4, -0.2) is 44.7 Å². The van der Waals surface area contributed by atoms with E-state index < -0.39 is 0 Å². The summed E-state index contributed by atoms with van der Waals surface area (Å²) in [5, 5.41) is 2.86. The third-order valence-corrected chi connectivity index (χ3v) is 5.04. The van der Waals surface area contributed by atoms with Crippen LogP contribution in [0.4, 0.5) is 11.4 Å². The van der Waals surface area contributed by atoms with E-state index in [0.29, 0.717) is 32.1 Å². The molecule has 1 aromatic heterocycles. The molecule has 0 radical (unpaired) electrons. The minimum absolute atomic E-state index is 0.0196. The van der Waals surface area contributed by atoms with Crippen LogP contribution < -0.4 is 15.1 Å². The molecule has 1 atom stereocenters. The van der Waals surface area contributed by atoms with Gasteiger partial charge in [-0.25, -0.2) is 0 Å². The first kappa shape index (κ1) is 17.6. The van der Waals surface area contributed by atoms with Crippen LogP contribution in [-0.2, 0) is 20.9 Å². The number of carbonyl (C=O) groups excluding carboxylic acids is 2. The third-order valence-electron chi connectivity index (χ3n) is 5.04. The van der Waals surface area contributed by atoms with Gasteiger partial charge in [0.25, 0.3) is 0 Å². The number of anilines is 2. The summed E-state index contributed by atoms with van der Waals surface area (Å²) in [6.07, 6.45) is 1.80. The van der Waals surface area contributed by atoms with Crippen LogP contribution in [0.5, 0.6) is 0 Å². The van der Waals surface area contributed by atoms with Gasteiger partial charge in [-0.15, -0.1) is 0 Å². The number of hydrogen-bond donors (Lipinski definition) is 1. The maximum Gasteiger partial charge on any atom is 0.227 e. The van der Waals surface area contributed by atoms with Crippen molar-refractivity contribution in [2.75, 3.05) is 42.6 Å². The normalized spacial score (nSPS) is 20.1. The summed E-state index contributed by atoms with van der Waals surface area (Å²) >= 11 is 0. The number of morpholine rings is 1. The van der Waals surface area contributed by atoms with Gasteiger partial charge in [0, 0.05) is 26.1 Å². The summed E-state index contributed by atoms with van der Waals surface area (Å²) in [6.45, 7) is 3.68. The molecule has 0 saturated carbocycles. The van der Waals surface area contributed by atoms with Gasteiger partial charge in [-0.05, 0) is 24.3 Å². The Labute approximate surface area is 157 Å². The summed E-state index contributed by atoms with van der Waals surface area (Å²) in [6, 6.07) is 11.5. The lowest BCUT2D eigenvalue weighted by atomic mass is 10.1. The highest BCUT2D eigenvalue weighted by molar-refractivity contribution is 6.02. The molecule has 4 rings (SSSR count). The number of nitrogens with zero attached hydrogens (tertiary/aromatic N) is 2. The van der Waals surface area contributed by atoms with Gasteiger partial charge >= 0.3 is 0 Å². The minimum atomic E-state index is -0.356. The third kappa shape index (κ3) is 3.83. The van der Waals surface area contributed by atoms with Gasteiger partial charge in [0.05, 0.1) is 43.3 Å². The van der Waals surface area contributed by atoms with Gasteiger partial charge in [-0.1, -0.05) is 12.1 Å². The fourth-order valence-corrected chi connectivity index (χ4v) is 3.61. The highest BCUT2D eigenvalue weighted by Gasteiger charge is 2.36. The predicted molar refractivity (Wildman–Crippen MR) is 100 cm³/mol. The Morgan fingerprint density at radius 1 is 1.11 bits per heavy atom. The highest BCUT2D eigenvalue weighted by Crippen LogP contribution is 2.34. The fourth-order valence-electron chi connectivity index (χ4n) is 3.61. The number of rotatable bonds is 5. The summed E-state index contributed by atoms with van der Waals surface area (Å²) in [7, 11) is 0. The average molecular weight is 369 g/mol. The van der Waals surface area contributed by atoms with Crippen molar-refractivity contribution in [1.29, 1.82) is 0 Å². The molecule has 2 saturated heterocycles. The number of benzene rings is 1. The largest absolute Gasteiger partial charge is 0.467 e. The maximum absolute atomic E-state index is 12.6. The zero-order valence-electron chi connectivity index (χ0n) is 15.1. The molecule has 7 heteroatoms. The second-order valence-corrected chi connectivity index (χ2v) is 6.79. The first-order chi connectivity index (χ1) is 13.2. The number of para-hydroxylation sites is 2. The molecule has 3 heterocycles. The predicted octanol–water partition coefficient (Wildman–Crippen LogP) is 1.79. The van der Waals surface area contributed by atoms with Crippen LogP contribution in [0, 0.1) is 5.92 Å². The van der Waals surface area contributed by atoms with Crippen molar-refractivity contribution in [3.63, 3.8) is 0 Å². The van der Waals surface area contributed by atoms with E-state index in [1.165, 1.54) is 0 Å². The second kappa shape index (κ2) is 7.84. The van der Waals surface area contributed by atoms with E-state index in [1.54, 1.807) is 17.2 Å². The van der Waals surface area contributed by atoms with Crippen molar-refractivity contribution >= 4 is 23.2 Å². The Kier molecular flexibility index (Phi) is 5.11. The number of ether oxygens (including phenoxy) is 1. The van der Waals surface area contributed by atoms with E-state index in [2.05, 4.69) is 10.2 Å². The summed E-state index contributed by atoms with van der Waals surface area (Å²) in [4.78, 5) is 29.1. The SMILES string of the molecule is O=C(NCc1ccco1)C1CC(=O)N(c2ccccc2N2CCOCC2)C1. The number of hydrogen-bond acceptors (Lipinski definition) is 5. The van der Waals surface area contributed by atoms with E-state index in [-0.39, 0.29) is 24.2 Å². The molecule has 2 aliphatic rings. The fraction of sp³-hybridized carbons (Fsp3) is 0.400. The van der Waals surface area contributed by atoms with Crippen molar-refractivity contribution in [3.8, 4) is 0 Å². The minimum Gasteiger partial charge on any atom is -0.467 e. The highest BCUT2D eigenvalue weighted by atomic mass is 16.5. The Morgan fingerprint density at radius 2 is 1.89 bits per heavy atom. The second-order valence-electron chi connectivity index (χ2n) is 6.79. The first-order valence-corrected chi connectivity index (χ1v) is 9.24. The van der Waals surface area contributed by atoms with E-state index >= 15 is 0 Å². The molecule has 27 heavy (non-hydrogen) atoms. The van der Waals surface area contributed by atoms with Crippen molar-refractivity contribution in [1.82, 2.24) is 5.32 Å². The van der Waals surface area contributed by atoms with Crippen LogP contribution in [0.2, 0.25) is 0 Å². The molecule has 1 unspecified atom stereocenters. The molecule has 2 fully saturated rings. The van der Waals surface area contributed by atoms with Gasteiger partial charge in [-0.3, -0.25) is 9.59 Å². The lowest BCUT2D eigenvalue weighted by molar-refractivity contribution is -0.126. The molecule has 142 valence electrons. The zero-order valence-corrected chi connectivity index (χ0v) is 15.1. The van der Waals surface area contributed by atoms with Crippen molar-refractivity contribution in [2.24, 2.45) is 5.92 Å².